The highest BCUT2D eigenvalue weighted by atomic mass is 32.1. The summed E-state index contributed by atoms with van der Waals surface area (Å²) in [4.78, 5) is 16.7. The Bertz CT molecular complexity index is 608. The first kappa shape index (κ1) is 13.4. The third-order valence-electron chi connectivity index (χ3n) is 2.71. The average molecular weight is 276 g/mol. The largest absolute Gasteiger partial charge is 0.398 e. The number of primary amides is 1. The molecule has 0 bridgehead atoms. The lowest BCUT2D eigenvalue weighted by Gasteiger charge is -2.14. The standard InChI is InChI=1S/C13H16N4OS/c1-7-6-16-13(19-7)8(2)17-9-3-4-11(14)10(5-9)12(15)18/h3-6,8,17H,14H2,1-2H3,(H2,15,18). The van der Waals surface area contributed by atoms with Crippen molar-refractivity contribution in [3.8, 4) is 0 Å². The van der Waals surface area contributed by atoms with Crippen molar-refractivity contribution in [2.24, 2.45) is 5.73 Å². The maximum atomic E-state index is 11.2. The van der Waals surface area contributed by atoms with Crippen LogP contribution >= 0.6 is 11.3 Å². The zero-order chi connectivity index (χ0) is 14.0. The molecule has 2 rings (SSSR count). The van der Waals surface area contributed by atoms with Crippen molar-refractivity contribution < 1.29 is 4.79 Å². The van der Waals surface area contributed by atoms with E-state index in [1.165, 1.54) is 4.88 Å². The minimum absolute atomic E-state index is 0.0584. The van der Waals surface area contributed by atoms with Gasteiger partial charge in [-0.05, 0) is 32.0 Å². The molecule has 1 heterocycles. The SMILES string of the molecule is Cc1cnc(C(C)Nc2ccc(N)c(C(N)=O)c2)s1. The number of amides is 1. The van der Waals surface area contributed by atoms with E-state index in [4.69, 9.17) is 11.5 Å². The number of nitrogens with one attached hydrogen (secondary N) is 1. The molecule has 1 unspecified atom stereocenters. The number of anilines is 2. The Labute approximate surface area is 115 Å². The molecule has 1 aromatic heterocycles. The molecule has 6 heteroatoms. The van der Waals surface area contributed by atoms with E-state index in [-0.39, 0.29) is 6.04 Å². The fourth-order valence-electron chi connectivity index (χ4n) is 1.74. The third-order valence-corrected chi connectivity index (χ3v) is 3.81. The average Bonchev–Trinajstić information content (AvgIpc) is 2.78. The van der Waals surface area contributed by atoms with Gasteiger partial charge >= 0.3 is 0 Å². The zero-order valence-corrected chi connectivity index (χ0v) is 11.6. The van der Waals surface area contributed by atoms with Crippen LogP contribution in [-0.4, -0.2) is 10.9 Å². The summed E-state index contributed by atoms with van der Waals surface area (Å²) in [5.41, 5.74) is 12.5. The molecule has 0 aliphatic heterocycles. The summed E-state index contributed by atoms with van der Waals surface area (Å²) >= 11 is 1.64. The number of aromatic nitrogens is 1. The van der Waals surface area contributed by atoms with Crippen LogP contribution in [0.15, 0.2) is 24.4 Å². The van der Waals surface area contributed by atoms with E-state index in [0.717, 1.165) is 10.7 Å². The number of nitrogens with two attached hydrogens (primary N) is 2. The van der Waals surface area contributed by atoms with Crippen molar-refractivity contribution in [1.29, 1.82) is 0 Å². The van der Waals surface area contributed by atoms with Crippen LogP contribution in [0.4, 0.5) is 11.4 Å². The first-order valence-electron chi connectivity index (χ1n) is 5.85. The molecule has 1 aromatic carbocycles. The van der Waals surface area contributed by atoms with Crippen LogP contribution in [0, 0.1) is 6.92 Å². The molecule has 0 spiro atoms. The molecule has 0 fully saturated rings. The minimum Gasteiger partial charge on any atom is -0.398 e. The van der Waals surface area contributed by atoms with Gasteiger partial charge in [0.1, 0.15) is 5.01 Å². The molecule has 19 heavy (non-hydrogen) atoms. The number of carbonyl (C=O) groups is 1. The summed E-state index contributed by atoms with van der Waals surface area (Å²) in [6.45, 7) is 4.03. The normalized spacial score (nSPS) is 12.1. The van der Waals surface area contributed by atoms with Gasteiger partial charge in [0.25, 0.3) is 5.91 Å². The third kappa shape index (κ3) is 3.03. The quantitative estimate of drug-likeness (QED) is 0.747. The highest BCUT2D eigenvalue weighted by molar-refractivity contribution is 7.11. The van der Waals surface area contributed by atoms with Crippen LogP contribution in [-0.2, 0) is 0 Å². The van der Waals surface area contributed by atoms with E-state index >= 15 is 0 Å². The van der Waals surface area contributed by atoms with E-state index in [0.29, 0.717) is 11.3 Å². The Kier molecular flexibility index (Phi) is 3.71. The van der Waals surface area contributed by atoms with Gasteiger partial charge in [-0.15, -0.1) is 11.3 Å². The maximum absolute atomic E-state index is 11.2. The number of nitrogen functional groups attached to an aromatic ring is 1. The van der Waals surface area contributed by atoms with Crippen LogP contribution in [0.25, 0.3) is 0 Å². The van der Waals surface area contributed by atoms with Crippen molar-refractivity contribution in [3.05, 3.63) is 39.8 Å². The molecule has 1 atom stereocenters. The van der Waals surface area contributed by atoms with Crippen molar-refractivity contribution in [2.45, 2.75) is 19.9 Å². The number of rotatable bonds is 4. The molecule has 2 aromatic rings. The van der Waals surface area contributed by atoms with E-state index in [1.54, 1.807) is 23.5 Å². The van der Waals surface area contributed by atoms with Gasteiger partial charge in [0, 0.05) is 22.4 Å². The maximum Gasteiger partial charge on any atom is 0.250 e. The highest BCUT2D eigenvalue weighted by Crippen LogP contribution is 2.25. The molecule has 0 aliphatic rings. The Morgan fingerprint density at radius 2 is 2.21 bits per heavy atom. The Balaban J connectivity index is 2.19. The lowest BCUT2D eigenvalue weighted by atomic mass is 10.1. The predicted octanol–water partition coefficient (Wildman–Crippen LogP) is 2.31. The van der Waals surface area contributed by atoms with Gasteiger partial charge in [-0.3, -0.25) is 4.79 Å². The summed E-state index contributed by atoms with van der Waals surface area (Å²) in [6.07, 6.45) is 1.84. The van der Waals surface area contributed by atoms with Gasteiger partial charge in [0.05, 0.1) is 11.6 Å². The zero-order valence-electron chi connectivity index (χ0n) is 10.8. The first-order valence-corrected chi connectivity index (χ1v) is 6.67. The molecular formula is C13H16N4OS. The van der Waals surface area contributed by atoms with E-state index in [1.807, 2.05) is 26.1 Å². The number of thiazole rings is 1. The molecule has 5 N–H and O–H groups in total. The Morgan fingerprint density at radius 1 is 1.47 bits per heavy atom. The summed E-state index contributed by atoms with van der Waals surface area (Å²) in [6, 6.07) is 5.21. The second-order valence-electron chi connectivity index (χ2n) is 4.34. The second-order valence-corrected chi connectivity index (χ2v) is 5.61. The van der Waals surface area contributed by atoms with E-state index in [9.17, 15) is 4.79 Å². The van der Waals surface area contributed by atoms with Crippen molar-refractivity contribution in [2.75, 3.05) is 11.1 Å². The van der Waals surface area contributed by atoms with Crippen LogP contribution in [0.5, 0.6) is 0 Å². The lowest BCUT2D eigenvalue weighted by molar-refractivity contribution is 0.100. The molecule has 0 aliphatic carbocycles. The molecular weight excluding hydrogens is 260 g/mol. The van der Waals surface area contributed by atoms with Gasteiger partial charge in [-0.25, -0.2) is 4.98 Å². The van der Waals surface area contributed by atoms with E-state index < -0.39 is 5.91 Å². The van der Waals surface area contributed by atoms with Gasteiger partial charge < -0.3 is 16.8 Å². The number of aryl methyl sites for hydroxylation is 1. The van der Waals surface area contributed by atoms with Gasteiger partial charge in [0.2, 0.25) is 0 Å². The molecule has 5 nitrogen and oxygen atoms in total. The number of hydrogen-bond donors (Lipinski definition) is 3. The second kappa shape index (κ2) is 5.27. The molecule has 1 amide bonds. The molecule has 0 saturated carbocycles. The predicted molar refractivity (Wildman–Crippen MR) is 78.3 cm³/mol. The number of hydrogen-bond acceptors (Lipinski definition) is 5. The summed E-state index contributed by atoms with van der Waals surface area (Å²) in [5, 5.41) is 4.27. The van der Waals surface area contributed by atoms with Gasteiger partial charge in [-0.2, -0.15) is 0 Å². The Morgan fingerprint density at radius 3 is 2.79 bits per heavy atom. The highest BCUT2D eigenvalue weighted by Gasteiger charge is 2.11. The fourth-order valence-corrected chi connectivity index (χ4v) is 2.52. The van der Waals surface area contributed by atoms with Crippen LogP contribution < -0.4 is 16.8 Å². The smallest absolute Gasteiger partial charge is 0.250 e. The van der Waals surface area contributed by atoms with E-state index in [2.05, 4.69) is 10.3 Å². The van der Waals surface area contributed by atoms with Crippen LogP contribution in [0.2, 0.25) is 0 Å². The molecule has 0 radical (unpaired) electrons. The van der Waals surface area contributed by atoms with Gasteiger partial charge in [-0.1, -0.05) is 0 Å². The monoisotopic (exact) mass is 276 g/mol. The molecule has 0 saturated heterocycles. The topological polar surface area (TPSA) is 94.0 Å². The summed E-state index contributed by atoms with van der Waals surface area (Å²) in [5.74, 6) is -0.529. The lowest BCUT2D eigenvalue weighted by Crippen LogP contribution is -2.14. The van der Waals surface area contributed by atoms with Crippen LogP contribution in [0.3, 0.4) is 0 Å². The number of carbonyl (C=O) groups excluding carboxylic acids is 1. The van der Waals surface area contributed by atoms with Crippen LogP contribution in [0.1, 0.15) is 33.2 Å². The molecule has 100 valence electrons. The number of nitrogens with zero attached hydrogens (tertiary/aromatic N) is 1. The minimum atomic E-state index is -0.529. The Hall–Kier alpha value is -2.08. The van der Waals surface area contributed by atoms with Crippen molar-refractivity contribution >= 4 is 28.6 Å². The summed E-state index contributed by atoms with van der Waals surface area (Å²) < 4.78 is 0. The summed E-state index contributed by atoms with van der Waals surface area (Å²) in [7, 11) is 0. The van der Waals surface area contributed by atoms with Crippen molar-refractivity contribution in [3.63, 3.8) is 0 Å². The fraction of sp³-hybridized carbons (Fsp3) is 0.231. The number of benzene rings is 1. The van der Waals surface area contributed by atoms with Gasteiger partial charge in [0.15, 0.2) is 0 Å². The first-order chi connectivity index (χ1) is 8.97. The van der Waals surface area contributed by atoms with Crippen molar-refractivity contribution in [1.82, 2.24) is 4.98 Å².